The summed E-state index contributed by atoms with van der Waals surface area (Å²) in [7, 11) is 1.57. The van der Waals surface area contributed by atoms with E-state index in [0.29, 0.717) is 30.9 Å². The van der Waals surface area contributed by atoms with E-state index in [4.69, 9.17) is 14.2 Å². The van der Waals surface area contributed by atoms with Gasteiger partial charge in [0.15, 0.2) is 0 Å². The Morgan fingerprint density at radius 3 is 2.96 bits per heavy atom. The number of allylic oxidation sites excluding steroid dienone is 1. The van der Waals surface area contributed by atoms with Crippen LogP contribution in [-0.4, -0.2) is 42.7 Å². The lowest BCUT2D eigenvalue weighted by atomic mass is 9.88. The van der Waals surface area contributed by atoms with Gasteiger partial charge in [0, 0.05) is 5.56 Å². The lowest BCUT2D eigenvalue weighted by Crippen LogP contribution is -2.41. The van der Waals surface area contributed by atoms with Crippen LogP contribution in [0, 0.1) is 0 Å². The van der Waals surface area contributed by atoms with Crippen LogP contribution in [0.15, 0.2) is 29.8 Å². The van der Waals surface area contributed by atoms with Crippen molar-refractivity contribution in [2.75, 3.05) is 20.3 Å². The maximum absolute atomic E-state index is 10.4. The molecule has 0 amide bonds. The van der Waals surface area contributed by atoms with Gasteiger partial charge >= 0.3 is 0 Å². The number of rotatable bonds is 5. The molecule has 0 aromatic heterocycles. The number of benzene rings is 1. The van der Waals surface area contributed by atoms with Gasteiger partial charge in [-0.15, -0.1) is 0 Å². The van der Waals surface area contributed by atoms with Crippen LogP contribution < -0.4 is 4.74 Å². The van der Waals surface area contributed by atoms with Crippen molar-refractivity contribution in [1.29, 1.82) is 0 Å². The molecule has 1 heterocycles. The summed E-state index contributed by atoms with van der Waals surface area (Å²) in [6.45, 7) is 1.28. The van der Waals surface area contributed by atoms with Crippen LogP contribution in [0.4, 0.5) is 0 Å². The van der Waals surface area contributed by atoms with E-state index < -0.39 is 6.10 Å². The van der Waals surface area contributed by atoms with E-state index >= 15 is 0 Å². The molecule has 1 aromatic rings. The van der Waals surface area contributed by atoms with Crippen molar-refractivity contribution < 1.29 is 24.4 Å². The topological polar surface area (TPSA) is 68.2 Å². The summed E-state index contributed by atoms with van der Waals surface area (Å²) >= 11 is 0. The zero-order valence-corrected chi connectivity index (χ0v) is 13.4. The van der Waals surface area contributed by atoms with Gasteiger partial charge in [-0.05, 0) is 49.5 Å². The Bertz CT molecular complexity index is 569. The van der Waals surface area contributed by atoms with E-state index in [1.807, 2.05) is 0 Å². The first kappa shape index (κ1) is 16.3. The van der Waals surface area contributed by atoms with Crippen molar-refractivity contribution in [3.05, 3.63) is 35.4 Å². The highest BCUT2D eigenvalue weighted by molar-refractivity contribution is 5.40. The maximum Gasteiger partial charge on any atom is 0.121 e. The molecule has 1 aromatic carbocycles. The fraction of sp³-hybridized carbons (Fsp3) is 0.556. The van der Waals surface area contributed by atoms with Crippen molar-refractivity contribution in [3.8, 4) is 11.5 Å². The highest BCUT2D eigenvalue weighted by Crippen LogP contribution is 2.34. The van der Waals surface area contributed by atoms with Crippen LogP contribution in [0.1, 0.15) is 37.4 Å². The summed E-state index contributed by atoms with van der Waals surface area (Å²) in [5.74, 6) is 0.712. The molecule has 0 radical (unpaired) electrons. The molecule has 3 atom stereocenters. The predicted octanol–water partition coefficient (Wildman–Crippen LogP) is 2.72. The lowest BCUT2D eigenvalue weighted by Gasteiger charge is -2.36. The van der Waals surface area contributed by atoms with E-state index in [2.05, 4.69) is 6.08 Å². The van der Waals surface area contributed by atoms with Crippen LogP contribution in [0.5, 0.6) is 11.5 Å². The van der Waals surface area contributed by atoms with Crippen LogP contribution in [-0.2, 0) is 9.47 Å². The van der Waals surface area contributed by atoms with Crippen LogP contribution in [0.25, 0.3) is 0 Å². The van der Waals surface area contributed by atoms with Gasteiger partial charge in [-0.2, -0.15) is 0 Å². The highest BCUT2D eigenvalue weighted by Gasteiger charge is 2.32. The van der Waals surface area contributed by atoms with Gasteiger partial charge in [-0.1, -0.05) is 6.08 Å². The summed E-state index contributed by atoms with van der Waals surface area (Å²) in [4.78, 5) is 0. The minimum absolute atomic E-state index is 0.0172. The third kappa shape index (κ3) is 3.68. The van der Waals surface area contributed by atoms with Gasteiger partial charge < -0.3 is 24.4 Å². The fourth-order valence-electron chi connectivity index (χ4n) is 3.33. The first-order valence-corrected chi connectivity index (χ1v) is 8.16. The Labute approximate surface area is 136 Å². The molecule has 0 bridgehead atoms. The maximum atomic E-state index is 10.4. The number of aliphatic hydroxyl groups is 1. The average molecular weight is 320 g/mol. The summed E-state index contributed by atoms with van der Waals surface area (Å²) < 4.78 is 16.8. The normalized spacial score (nSPS) is 25.4. The molecule has 23 heavy (non-hydrogen) atoms. The number of hydrogen-bond donors (Lipinski definition) is 2. The first-order chi connectivity index (χ1) is 11.2. The van der Waals surface area contributed by atoms with Gasteiger partial charge in [0.25, 0.3) is 0 Å². The summed E-state index contributed by atoms with van der Waals surface area (Å²) in [5.41, 5.74) is 1.69. The molecule has 2 aliphatic rings. The van der Waals surface area contributed by atoms with Crippen LogP contribution in [0.3, 0.4) is 0 Å². The molecule has 2 N–H and O–H groups in total. The van der Waals surface area contributed by atoms with Gasteiger partial charge in [-0.25, -0.2) is 0 Å². The Kier molecular flexibility index (Phi) is 5.20. The first-order valence-electron chi connectivity index (χ1n) is 8.16. The number of ether oxygens (including phenoxy) is 3. The largest absolute Gasteiger partial charge is 0.508 e. The molecule has 3 unspecified atom stereocenters. The molecule has 0 spiro atoms. The third-order valence-corrected chi connectivity index (χ3v) is 4.57. The predicted molar refractivity (Wildman–Crippen MR) is 85.6 cm³/mol. The second-order valence-electron chi connectivity index (χ2n) is 6.04. The van der Waals surface area contributed by atoms with E-state index in [9.17, 15) is 10.2 Å². The Morgan fingerprint density at radius 2 is 2.13 bits per heavy atom. The third-order valence-electron chi connectivity index (χ3n) is 4.57. The van der Waals surface area contributed by atoms with E-state index in [1.54, 1.807) is 25.3 Å². The Hall–Kier alpha value is -1.56. The molecule has 5 nitrogen and oxygen atoms in total. The molecule has 0 saturated carbocycles. The lowest BCUT2D eigenvalue weighted by molar-refractivity contribution is -0.131. The van der Waals surface area contributed by atoms with E-state index in [0.717, 1.165) is 19.3 Å². The number of phenols is 1. The van der Waals surface area contributed by atoms with Crippen molar-refractivity contribution in [2.45, 2.75) is 44.0 Å². The van der Waals surface area contributed by atoms with Crippen molar-refractivity contribution in [3.63, 3.8) is 0 Å². The minimum atomic E-state index is -0.740. The highest BCUT2D eigenvalue weighted by atomic mass is 16.6. The summed E-state index contributed by atoms with van der Waals surface area (Å²) in [5, 5.41) is 20.4. The zero-order chi connectivity index (χ0) is 16.2. The Morgan fingerprint density at radius 1 is 1.30 bits per heavy atom. The second kappa shape index (κ2) is 7.34. The molecule has 1 fully saturated rings. The molecule has 126 valence electrons. The molecule has 3 rings (SSSR count). The van der Waals surface area contributed by atoms with E-state index in [1.165, 1.54) is 5.57 Å². The quantitative estimate of drug-likeness (QED) is 0.817. The average Bonchev–Trinajstić information content (AvgIpc) is 2.60. The van der Waals surface area contributed by atoms with Crippen LogP contribution >= 0.6 is 0 Å². The molecule has 1 aliphatic heterocycles. The number of hydrogen-bond acceptors (Lipinski definition) is 5. The van der Waals surface area contributed by atoms with Gasteiger partial charge in [0.05, 0.1) is 32.5 Å². The molecule has 1 aliphatic carbocycles. The van der Waals surface area contributed by atoms with Gasteiger partial charge in [-0.3, -0.25) is 0 Å². The summed E-state index contributed by atoms with van der Waals surface area (Å²) in [6, 6.07) is 4.90. The fourth-order valence-corrected chi connectivity index (χ4v) is 3.33. The number of aromatic hydroxyl groups is 1. The summed E-state index contributed by atoms with van der Waals surface area (Å²) in [6.07, 6.45) is 4.86. The molecular formula is C18H24O5. The van der Waals surface area contributed by atoms with E-state index in [-0.39, 0.29) is 18.0 Å². The number of aliphatic hydroxyl groups excluding tert-OH is 1. The van der Waals surface area contributed by atoms with Crippen molar-refractivity contribution >= 4 is 0 Å². The van der Waals surface area contributed by atoms with Crippen LogP contribution in [0.2, 0.25) is 0 Å². The van der Waals surface area contributed by atoms with Crippen molar-refractivity contribution in [1.82, 2.24) is 0 Å². The molecule has 1 saturated heterocycles. The molecule has 5 heteroatoms. The van der Waals surface area contributed by atoms with Crippen molar-refractivity contribution in [2.24, 2.45) is 0 Å². The van der Waals surface area contributed by atoms with Gasteiger partial charge in [0.1, 0.15) is 17.6 Å². The smallest absolute Gasteiger partial charge is 0.121 e. The number of phenolic OH excluding ortho intramolecular Hbond substituents is 1. The molecular weight excluding hydrogens is 296 g/mol. The number of fused-ring (bicyclic) bond motifs is 1. The monoisotopic (exact) mass is 320 g/mol. The second-order valence-corrected chi connectivity index (χ2v) is 6.04. The van der Waals surface area contributed by atoms with Gasteiger partial charge in [0.2, 0.25) is 0 Å². The number of methoxy groups -OCH3 is 1. The standard InChI is InChI=1S/C18H24O5/c1-21-13-6-8-16(20)14(11-13)15(19)7-5-12-3-2-4-17-18(12)23-10-9-22-17/h3,6,8,11,15,17-20H,2,4-5,7,9-10H2,1H3. The SMILES string of the molecule is COc1ccc(O)c(C(O)CCC2=CCCC3OCCOC23)c1. The minimum Gasteiger partial charge on any atom is -0.508 e. The zero-order valence-electron chi connectivity index (χ0n) is 13.4. The Balaban J connectivity index is 1.64.